The molecular formula is C12H15ClFNO2S. The number of rotatable bonds is 3. The van der Waals surface area contributed by atoms with Gasteiger partial charge in [-0.15, -0.1) is 0 Å². The Kier molecular flexibility index (Phi) is 3.82. The SMILES string of the molecule is CS(=O)(=O)C1CCCC1Nc1cccc(Cl)c1F. The van der Waals surface area contributed by atoms with Gasteiger partial charge in [0.25, 0.3) is 0 Å². The Balaban J connectivity index is 2.21. The molecule has 1 aromatic carbocycles. The van der Waals surface area contributed by atoms with Gasteiger partial charge in [-0.05, 0) is 31.4 Å². The molecule has 2 rings (SSSR count). The molecule has 1 aliphatic carbocycles. The van der Waals surface area contributed by atoms with Crippen molar-refractivity contribution in [3.05, 3.63) is 29.0 Å². The summed E-state index contributed by atoms with van der Waals surface area (Å²) in [4.78, 5) is 0. The molecule has 0 amide bonds. The Labute approximate surface area is 111 Å². The van der Waals surface area contributed by atoms with Crippen LogP contribution in [0.4, 0.5) is 10.1 Å². The van der Waals surface area contributed by atoms with Gasteiger partial charge in [0.2, 0.25) is 0 Å². The van der Waals surface area contributed by atoms with Crippen LogP contribution in [0.5, 0.6) is 0 Å². The van der Waals surface area contributed by atoms with Crippen LogP contribution < -0.4 is 5.32 Å². The second-order valence-electron chi connectivity index (χ2n) is 4.65. The molecule has 0 saturated heterocycles. The quantitative estimate of drug-likeness (QED) is 0.931. The number of anilines is 1. The average molecular weight is 292 g/mol. The van der Waals surface area contributed by atoms with Crippen LogP contribution >= 0.6 is 11.6 Å². The number of hydrogen-bond acceptors (Lipinski definition) is 3. The lowest BCUT2D eigenvalue weighted by Gasteiger charge is -2.21. The van der Waals surface area contributed by atoms with Crippen LogP contribution in [-0.2, 0) is 9.84 Å². The van der Waals surface area contributed by atoms with Crippen LogP contribution in [0, 0.1) is 5.82 Å². The van der Waals surface area contributed by atoms with E-state index in [9.17, 15) is 12.8 Å². The minimum Gasteiger partial charge on any atom is -0.379 e. The lowest BCUT2D eigenvalue weighted by atomic mass is 10.2. The molecule has 1 fully saturated rings. The minimum absolute atomic E-state index is 0.0360. The molecule has 18 heavy (non-hydrogen) atoms. The topological polar surface area (TPSA) is 46.2 Å². The molecule has 1 aliphatic rings. The van der Waals surface area contributed by atoms with Crippen molar-refractivity contribution < 1.29 is 12.8 Å². The monoisotopic (exact) mass is 291 g/mol. The highest BCUT2D eigenvalue weighted by Crippen LogP contribution is 2.30. The summed E-state index contributed by atoms with van der Waals surface area (Å²) in [7, 11) is -3.11. The maximum absolute atomic E-state index is 13.7. The van der Waals surface area contributed by atoms with Gasteiger partial charge in [0.15, 0.2) is 15.7 Å². The molecule has 0 radical (unpaired) electrons. The van der Waals surface area contributed by atoms with E-state index < -0.39 is 20.9 Å². The molecule has 2 atom stereocenters. The Hall–Kier alpha value is -0.810. The van der Waals surface area contributed by atoms with Crippen LogP contribution in [0.25, 0.3) is 0 Å². The standard InChI is InChI=1S/C12H15ClFNO2S/c1-18(16,17)11-7-3-5-9(11)15-10-6-2-4-8(13)12(10)14/h2,4,6,9,11,15H,3,5,7H2,1H3. The Morgan fingerprint density at radius 3 is 2.78 bits per heavy atom. The summed E-state index contributed by atoms with van der Waals surface area (Å²) in [5, 5.41) is 2.56. The lowest BCUT2D eigenvalue weighted by Crippen LogP contribution is -2.34. The number of hydrogen-bond donors (Lipinski definition) is 1. The van der Waals surface area contributed by atoms with Gasteiger partial charge in [-0.2, -0.15) is 0 Å². The first-order valence-corrected chi connectivity index (χ1v) is 8.12. The van der Waals surface area contributed by atoms with E-state index in [4.69, 9.17) is 11.6 Å². The Morgan fingerprint density at radius 2 is 2.11 bits per heavy atom. The zero-order valence-electron chi connectivity index (χ0n) is 9.99. The molecular weight excluding hydrogens is 277 g/mol. The van der Waals surface area contributed by atoms with E-state index in [0.29, 0.717) is 6.42 Å². The molecule has 6 heteroatoms. The van der Waals surface area contributed by atoms with E-state index in [0.717, 1.165) is 12.8 Å². The van der Waals surface area contributed by atoms with Gasteiger partial charge in [-0.1, -0.05) is 17.7 Å². The predicted octanol–water partition coefficient (Wildman–Crippen LogP) is 2.86. The van der Waals surface area contributed by atoms with E-state index in [2.05, 4.69) is 5.32 Å². The van der Waals surface area contributed by atoms with Crippen LogP contribution in [0.15, 0.2) is 18.2 Å². The molecule has 1 N–H and O–H groups in total. The summed E-state index contributed by atoms with van der Waals surface area (Å²) in [5.41, 5.74) is 0.267. The number of sulfone groups is 1. The predicted molar refractivity (Wildman–Crippen MR) is 71.3 cm³/mol. The largest absolute Gasteiger partial charge is 0.379 e. The Bertz CT molecular complexity index is 547. The average Bonchev–Trinajstić information content (AvgIpc) is 2.72. The van der Waals surface area contributed by atoms with Crippen LogP contribution in [0.3, 0.4) is 0 Å². The summed E-state index contributed by atoms with van der Waals surface area (Å²) in [6.45, 7) is 0. The van der Waals surface area contributed by atoms with E-state index in [-0.39, 0.29) is 16.8 Å². The third-order valence-corrected chi connectivity index (χ3v) is 5.25. The third kappa shape index (κ3) is 2.78. The molecule has 0 aromatic heterocycles. The van der Waals surface area contributed by atoms with Crippen molar-refractivity contribution in [3.8, 4) is 0 Å². The minimum atomic E-state index is -3.11. The Morgan fingerprint density at radius 1 is 1.39 bits per heavy atom. The summed E-state index contributed by atoms with van der Waals surface area (Å²) in [5.74, 6) is -0.529. The summed E-state index contributed by atoms with van der Waals surface area (Å²) < 4.78 is 37.0. The second-order valence-corrected chi connectivity index (χ2v) is 7.32. The zero-order valence-corrected chi connectivity index (χ0v) is 11.6. The molecule has 3 nitrogen and oxygen atoms in total. The van der Waals surface area contributed by atoms with Gasteiger partial charge in [-0.3, -0.25) is 0 Å². The lowest BCUT2D eigenvalue weighted by molar-refractivity contribution is 0.577. The van der Waals surface area contributed by atoms with Crippen LogP contribution in [0.1, 0.15) is 19.3 Å². The van der Waals surface area contributed by atoms with Gasteiger partial charge in [0.1, 0.15) is 0 Å². The van der Waals surface area contributed by atoms with Gasteiger partial charge in [0.05, 0.1) is 16.0 Å². The molecule has 0 bridgehead atoms. The van der Waals surface area contributed by atoms with Crippen molar-refractivity contribution in [1.82, 2.24) is 0 Å². The van der Waals surface area contributed by atoms with Crippen molar-refractivity contribution in [3.63, 3.8) is 0 Å². The van der Waals surface area contributed by atoms with Crippen molar-refractivity contribution in [2.45, 2.75) is 30.6 Å². The summed E-state index contributed by atoms with van der Waals surface area (Å²) >= 11 is 5.69. The fourth-order valence-corrected chi connectivity index (χ4v) is 3.99. The highest BCUT2D eigenvalue weighted by atomic mass is 35.5. The number of nitrogens with one attached hydrogen (secondary N) is 1. The molecule has 1 aromatic rings. The van der Waals surface area contributed by atoms with Gasteiger partial charge in [-0.25, -0.2) is 12.8 Å². The molecule has 100 valence electrons. The third-order valence-electron chi connectivity index (χ3n) is 3.29. The number of halogens is 2. The maximum atomic E-state index is 13.7. The van der Waals surface area contributed by atoms with Crippen molar-refractivity contribution in [1.29, 1.82) is 0 Å². The highest BCUT2D eigenvalue weighted by Gasteiger charge is 2.35. The van der Waals surface area contributed by atoms with E-state index >= 15 is 0 Å². The van der Waals surface area contributed by atoms with Gasteiger partial charge >= 0.3 is 0 Å². The maximum Gasteiger partial charge on any atom is 0.164 e. The first-order chi connectivity index (χ1) is 8.39. The van der Waals surface area contributed by atoms with Crippen LogP contribution in [0.2, 0.25) is 5.02 Å². The first-order valence-electron chi connectivity index (χ1n) is 5.79. The van der Waals surface area contributed by atoms with Crippen molar-refractivity contribution in [2.24, 2.45) is 0 Å². The smallest absolute Gasteiger partial charge is 0.164 e. The molecule has 0 heterocycles. The molecule has 2 unspecified atom stereocenters. The molecule has 0 aliphatic heterocycles. The van der Waals surface area contributed by atoms with E-state index in [1.165, 1.54) is 12.3 Å². The molecule has 1 saturated carbocycles. The fraction of sp³-hybridized carbons (Fsp3) is 0.500. The van der Waals surface area contributed by atoms with Gasteiger partial charge in [0, 0.05) is 12.3 Å². The van der Waals surface area contributed by atoms with Crippen molar-refractivity contribution in [2.75, 3.05) is 11.6 Å². The zero-order chi connectivity index (χ0) is 13.3. The fourth-order valence-electron chi connectivity index (χ4n) is 2.42. The van der Waals surface area contributed by atoms with E-state index in [1.807, 2.05) is 0 Å². The second kappa shape index (κ2) is 5.05. The summed E-state index contributed by atoms with van der Waals surface area (Å²) in [6.07, 6.45) is 3.41. The van der Waals surface area contributed by atoms with Gasteiger partial charge < -0.3 is 5.32 Å². The van der Waals surface area contributed by atoms with Crippen LogP contribution in [-0.4, -0.2) is 26.0 Å². The first kappa shape index (κ1) is 13.6. The van der Waals surface area contributed by atoms with Crippen molar-refractivity contribution >= 4 is 27.1 Å². The molecule has 0 spiro atoms. The number of benzene rings is 1. The normalized spacial score (nSPS) is 24.2. The highest BCUT2D eigenvalue weighted by molar-refractivity contribution is 7.91. The summed E-state index contributed by atoms with van der Waals surface area (Å²) in [6, 6.07) is 4.43. The van der Waals surface area contributed by atoms with E-state index in [1.54, 1.807) is 12.1 Å².